The number of hydrogen-bond acceptors (Lipinski definition) is 2. The summed E-state index contributed by atoms with van der Waals surface area (Å²) in [7, 11) is 1.70. The normalized spacial score (nSPS) is 15.3. The lowest BCUT2D eigenvalue weighted by molar-refractivity contribution is 0.0791. The number of rotatable bonds is 4. The van der Waals surface area contributed by atoms with E-state index in [2.05, 4.69) is 6.92 Å². The van der Waals surface area contributed by atoms with Crippen LogP contribution in [0.4, 0.5) is 0 Å². The second-order valence-corrected chi connectivity index (χ2v) is 3.14. The first kappa shape index (κ1) is 10.2. The van der Waals surface area contributed by atoms with Gasteiger partial charge in [-0.3, -0.25) is 0 Å². The maximum absolute atomic E-state index is 5.93. The van der Waals surface area contributed by atoms with Crippen LogP contribution in [0.3, 0.4) is 0 Å². The summed E-state index contributed by atoms with van der Waals surface area (Å²) in [6.45, 7) is 2.07. The van der Waals surface area contributed by atoms with Gasteiger partial charge in [-0.15, -0.1) is 0 Å². The molecule has 13 heavy (non-hydrogen) atoms. The number of nitrogens with two attached hydrogens (primary N) is 1. The molecule has 1 aromatic rings. The third kappa shape index (κ3) is 2.54. The van der Waals surface area contributed by atoms with Crippen molar-refractivity contribution in [3.63, 3.8) is 0 Å². The Morgan fingerprint density at radius 3 is 2.38 bits per heavy atom. The van der Waals surface area contributed by atoms with Crippen LogP contribution in [0.5, 0.6) is 0 Å². The van der Waals surface area contributed by atoms with Crippen molar-refractivity contribution >= 4 is 0 Å². The zero-order valence-corrected chi connectivity index (χ0v) is 8.23. The van der Waals surface area contributed by atoms with Crippen molar-refractivity contribution in [3.8, 4) is 0 Å². The molecule has 0 amide bonds. The molecule has 0 radical (unpaired) electrons. The summed E-state index contributed by atoms with van der Waals surface area (Å²) >= 11 is 0. The van der Waals surface area contributed by atoms with Crippen LogP contribution >= 0.6 is 0 Å². The molecule has 0 saturated heterocycles. The summed E-state index contributed by atoms with van der Waals surface area (Å²) in [5, 5.41) is 0. The molecule has 0 saturated carbocycles. The largest absolute Gasteiger partial charge is 0.375 e. The van der Waals surface area contributed by atoms with E-state index in [0.29, 0.717) is 0 Å². The topological polar surface area (TPSA) is 35.2 Å². The maximum atomic E-state index is 5.93. The van der Waals surface area contributed by atoms with E-state index >= 15 is 0 Å². The van der Waals surface area contributed by atoms with Crippen LogP contribution < -0.4 is 5.73 Å². The molecule has 0 heterocycles. The summed E-state index contributed by atoms with van der Waals surface area (Å²) in [5.74, 6) is 0. The quantitative estimate of drug-likeness (QED) is 0.768. The van der Waals surface area contributed by atoms with Gasteiger partial charge < -0.3 is 10.5 Å². The highest BCUT2D eigenvalue weighted by atomic mass is 16.5. The van der Waals surface area contributed by atoms with Gasteiger partial charge in [-0.2, -0.15) is 0 Å². The van der Waals surface area contributed by atoms with Crippen molar-refractivity contribution in [2.24, 2.45) is 5.73 Å². The van der Waals surface area contributed by atoms with Gasteiger partial charge >= 0.3 is 0 Å². The highest BCUT2D eigenvalue weighted by molar-refractivity contribution is 5.18. The molecule has 72 valence electrons. The van der Waals surface area contributed by atoms with E-state index in [1.165, 1.54) is 0 Å². The van der Waals surface area contributed by atoms with Gasteiger partial charge in [0.05, 0.1) is 6.10 Å². The first-order valence-electron chi connectivity index (χ1n) is 4.63. The summed E-state index contributed by atoms with van der Waals surface area (Å²) in [6.07, 6.45) is 0.944. The van der Waals surface area contributed by atoms with E-state index in [0.717, 1.165) is 12.0 Å². The molecule has 2 N–H and O–H groups in total. The smallest absolute Gasteiger partial charge is 0.0971 e. The highest BCUT2D eigenvalue weighted by Gasteiger charge is 2.16. The van der Waals surface area contributed by atoms with Crippen molar-refractivity contribution in [1.82, 2.24) is 0 Å². The van der Waals surface area contributed by atoms with Gasteiger partial charge in [0, 0.05) is 13.2 Å². The molecular weight excluding hydrogens is 162 g/mol. The van der Waals surface area contributed by atoms with E-state index in [4.69, 9.17) is 10.5 Å². The Labute approximate surface area is 79.7 Å². The van der Waals surface area contributed by atoms with E-state index < -0.39 is 0 Å². The standard InChI is InChI=1S/C11H17NO/c1-3-10(12)11(13-2)9-7-5-4-6-8-9/h4-8,10-11H,3,12H2,1-2H3/t10-,11?/m0/s1. The summed E-state index contributed by atoms with van der Waals surface area (Å²) in [6, 6.07) is 10.2. The molecule has 2 nitrogen and oxygen atoms in total. The van der Waals surface area contributed by atoms with Crippen LogP contribution in [0.1, 0.15) is 25.0 Å². The Hall–Kier alpha value is -0.860. The van der Waals surface area contributed by atoms with Crippen molar-refractivity contribution in [2.45, 2.75) is 25.5 Å². The molecule has 2 heteroatoms. The number of benzene rings is 1. The maximum Gasteiger partial charge on any atom is 0.0971 e. The zero-order chi connectivity index (χ0) is 9.68. The molecule has 1 unspecified atom stereocenters. The van der Waals surface area contributed by atoms with Gasteiger partial charge in [-0.05, 0) is 12.0 Å². The summed E-state index contributed by atoms with van der Waals surface area (Å²) in [5.41, 5.74) is 7.09. The molecule has 0 fully saturated rings. The van der Waals surface area contributed by atoms with Gasteiger partial charge in [0.15, 0.2) is 0 Å². The van der Waals surface area contributed by atoms with Crippen molar-refractivity contribution in [1.29, 1.82) is 0 Å². The predicted octanol–water partition coefficient (Wildman–Crippen LogP) is 2.11. The third-order valence-electron chi connectivity index (χ3n) is 2.24. The Morgan fingerprint density at radius 2 is 1.92 bits per heavy atom. The molecule has 0 aliphatic heterocycles. The number of hydrogen-bond donors (Lipinski definition) is 1. The van der Waals surface area contributed by atoms with Crippen LogP contribution in [0.25, 0.3) is 0 Å². The fourth-order valence-corrected chi connectivity index (χ4v) is 1.41. The van der Waals surface area contributed by atoms with Crippen LogP contribution in [0.15, 0.2) is 30.3 Å². The summed E-state index contributed by atoms with van der Waals surface area (Å²) < 4.78 is 5.36. The highest BCUT2D eigenvalue weighted by Crippen LogP contribution is 2.20. The Bertz CT molecular complexity index is 235. The molecule has 1 rings (SSSR count). The molecule has 0 aliphatic rings. The van der Waals surface area contributed by atoms with E-state index in [1.807, 2.05) is 30.3 Å². The first-order chi connectivity index (χ1) is 6.29. The van der Waals surface area contributed by atoms with E-state index in [9.17, 15) is 0 Å². The predicted molar refractivity (Wildman–Crippen MR) is 54.5 cm³/mol. The third-order valence-corrected chi connectivity index (χ3v) is 2.24. The molecule has 0 bridgehead atoms. The molecule has 0 aromatic heterocycles. The molecule has 1 aromatic carbocycles. The summed E-state index contributed by atoms with van der Waals surface area (Å²) in [4.78, 5) is 0. The van der Waals surface area contributed by atoms with Crippen molar-refractivity contribution in [2.75, 3.05) is 7.11 Å². The Morgan fingerprint density at radius 1 is 1.31 bits per heavy atom. The van der Waals surface area contributed by atoms with Gasteiger partial charge in [-0.1, -0.05) is 37.3 Å². The SMILES string of the molecule is CC[C@H](N)C(OC)c1ccccc1. The number of methoxy groups -OCH3 is 1. The van der Waals surface area contributed by atoms with Crippen LogP contribution in [-0.2, 0) is 4.74 Å². The lowest BCUT2D eigenvalue weighted by Gasteiger charge is -2.21. The minimum atomic E-state index is 0.0196. The van der Waals surface area contributed by atoms with Gasteiger partial charge in [0.25, 0.3) is 0 Å². The minimum absolute atomic E-state index is 0.0196. The van der Waals surface area contributed by atoms with E-state index in [1.54, 1.807) is 7.11 Å². The molecular formula is C11H17NO. The average Bonchev–Trinajstić information content (AvgIpc) is 2.20. The monoisotopic (exact) mass is 179 g/mol. The van der Waals surface area contributed by atoms with Gasteiger partial charge in [0.1, 0.15) is 0 Å². The Kier molecular flexibility index (Phi) is 3.93. The number of ether oxygens (including phenoxy) is 1. The molecule has 0 spiro atoms. The van der Waals surface area contributed by atoms with Crippen molar-refractivity contribution < 1.29 is 4.74 Å². The zero-order valence-electron chi connectivity index (χ0n) is 8.23. The van der Waals surface area contributed by atoms with E-state index in [-0.39, 0.29) is 12.1 Å². The lowest BCUT2D eigenvalue weighted by Crippen LogP contribution is -2.28. The first-order valence-corrected chi connectivity index (χ1v) is 4.63. The minimum Gasteiger partial charge on any atom is -0.375 e. The van der Waals surface area contributed by atoms with Crippen LogP contribution in [0, 0.1) is 0 Å². The van der Waals surface area contributed by atoms with Gasteiger partial charge in [0.2, 0.25) is 0 Å². The van der Waals surface area contributed by atoms with Crippen molar-refractivity contribution in [3.05, 3.63) is 35.9 Å². The van der Waals surface area contributed by atoms with Gasteiger partial charge in [-0.25, -0.2) is 0 Å². The fourth-order valence-electron chi connectivity index (χ4n) is 1.41. The molecule has 0 aliphatic carbocycles. The molecule has 2 atom stereocenters. The fraction of sp³-hybridized carbons (Fsp3) is 0.455. The average molecular weight is 179 g/mol. The van der Waals surface area contributed by atoms with Crippen LogP contribution in [0.2, 0.25) is 0 Å². The second-order valence-electron chi connectivity index (χ2n) is 3.14. The van der Waals surface area contributed by atoms with Crippen LogP contribution in [-0.4, -0.2) is 13.2 Å². The second kappa shape index (κ2) is 5.00. The Balaban J connectivity index is 2.78. The lowest BCUT2D eigenvalue weighted by atomic mass is 10.0.